The van der Waals surface area contributed by atoms with Crippen LogP contribution in [-0.2, 0) is 6.61 Å². The Hall–Kier alpha value is -0.800. The van der Waals surface area contributed by atoms with Gasteiger partial charge in [0.15, 0.2) is 0 Å². The second-order valence-electron chi connectivity index (χ2n) is 3.31. The summed E-state index contributed by atoms with van der Waals surface area (Å²) in [6, 6.07) is 10.0. The van der Waals surface area contributed by atoms with E-state index in [1.165, 1.54) is 10.4 Å². The molecule has 0 saturated carbocycles. The highest BCUT2D eigenvalue weighted by atomic mass is 79.9. The molecule has 0 N–H and O–H groups in total. The van der Waals surface area contributed by atoms with Crippen molar-refractivity contribution in [2.45, 2.75) is 13.5 Å². The molecule has 0 bridgehead atoms. The van der Waals surface area contributed by atoms with E-state index >= 15 is 0 Å². The average Bonchev–Trinajstić information content (AvgIpc) is 2.64. The fourth-order valence-electron chi connectivity index (χ4n) is 1.27. The summed E-state index contributed by atoms with van der Waals surface area (Å²) in [5.74, 6) is 0.905. The Balaban J connectivity index is 1.96. The standard InChI is InChI=1S/C12H11BrOS/c1-9-6-10(8-15-9)7-14-12-4-2-11(13)3-5-12/h2-6,8H,7H2,1H3. The molecule has 1 aromatic carbocycles. The molecule has 1 aromatic heterocycles. The van der Waals surface area contributed by atoms with Gasteiger partial charge in [0.05, 0.1) is 0 Å². The molecule has 2 rings (SSSR count). The van der Waals surface area contributed by atoms with Crippen molar-refractivity contribution in [1.29, 1.82) is 0 Å². The van der Waals surface area contributed by atoms with Crippen LogP contribution in [-0.4, -0.2) is 0 Å². The van der Waals surface area contributed by atoms with Crippen LogP contribution in [0.25, 0.3) is 0 Å². The third-order valence-electron chi connectivity index (χ3n) is 2.00. The highest BCUT2D eigenvalue weighted by Crippen LogP contribution is 2.19. The van der Waals surface area contributed by atoms with Crippen molar-refractivity contribution < 1.29 is 4.74 Å². The van der Waals surface area contributed by atoms with Gasteiger partial charge >= 0.3 is 0 Å². The van der Waals surface area contributed by atoms with Gasteiger partial charge in [-0.25, -0.2) is 0 Å². The molecule has 0 saturated heterocycles. The van der Waals surface area contributed by atoms with E-state index < -0.39 is 0 Å². The van der Waals surface area contributed by atoms with Crippen molar-refractivity contribution in [3.63, 3.8) is 0 Å². The Morgan fingerprint density at radius 2 is 2.00 bits per heavy atom. The summed E-state index contributed by atoms with van der Waals surface area (Å²) in [7, 11) is 0. The van der Waals surface area contributed by atoms with Gasteiger partial charge in [0.2, 0.25) is 0 Å². The molecule has 0 unspecified atom stereocenters. The first kappa shape index (κ1) is 10.7. The first-order valence-corrected chi connectivity index (χ1v) is 6.34. The van der Waals surface area contributed by atoms with Crippen LogP contribution in [0.1, 0.15) is 10.4 Å². The van der Waals surface area contributed by atoms with Gasteiger partial charge in [-0.3, -0.25) is 0 Å². The Bertz CT molecular complexity index is 433. The lowest BCUT2D eigenvalue weighted by Crippen LogP contribution is -1.92. The molecule has 0 amide bonds. The lowest BCUT2D eigenvalue weighted by atomic mass is 10.3. The van der Waals surface area contributed by atoms with Crippen molar-refractivity contribution in [1.82, 2.24) is 0 Å². The predicted octanol–water partition coefficient (Wildman–Crippen LogP) is 4.40. The fraction of sp³-hybridized carbons (Fsp3) is 0.167. The number of benzene rings is 1. The second kappa shape index (κ2) is 4.81. The van der Waals surface area contributed by atoms with Crippen LogP contribution >= 0.6 is 27.3 Å². The van der Waals surface area contributed by atoms with Crippen LogP contribution in [0.5, 0.6) is 5.75 Å². The summed E-state index contributed by atoms with van der Waals surface area (Å²) in [5, 5.41) is 2.13. The normalized spacial score (nSPS) is 10.3. The molecule has 0 fully saturated rings. The van der Waals surface area contributed by atoms with Gasteiger partial charge in [-0.05, 0) is 42.6 Å². The smallest absolute Gasteiger partial charge is 0.119 e. The van der Waals surface area contributed by atoms with E-state index in [1.807, 2.05) is 24.3 Å². The lowest BCUT2D eigenvalue weighted by molar-refractivity contribution is 0.306. The molecule has 2 aromatic rings. The minimum atomic E-state index is 0.645. The van der Waals surface area contributed by atoms with Gasteiger partial charge in [0.1, 0.15) is 12.4 Å². The van der Waals surface area contributed by atoms with E-state index in [0.717, 1.165) is 10.2 Å². The zero-order chi connectivity index (χ0) is 10.7. The van der Waals surface area contributed by atoms with E-state index in [2.05, 4.69) is 34.3 Å². The van der Waals surface area contributed by atoms with Crippen molar-refractivity contribution in [2.75, 3.05) is 0 Å². The number of hydrogen-bond donors (Lipinski definition) is 0. The third kappa shape index (κ3) is 3.08. The minimum absolute atomic E-state index is 0.645. The van der Waals surface area contributed by atoms with Crippen LogP contribution in [0.4, 0.5) is 0 Å². The fourth-order valence-corrected chi connectivity index (χ4v) is 2.23. The summed E-state index contributed by atoms with van der Waals surface area (Å²) in [6.45, 7) is 2.75. The molecule has 0 aliphatic rings. The van der Waals surface area contributed by atoms with Gasteiger partial charge in [0.25, 0.3) is 0 Å². The maximum Gasteiger partial charge on any atom is 0.119 e. The Morgan fingerprint density at radius 3 is 2.60 bits per heavy atom. The zero-order valence-electron chi connectivity index (χ0n) is 8.37. The van der Waals surface area contributed by atoms with E-state index in [4.69, 9.17) is 4.74 Å². The van der Waals surface area contributed by atoms with Crippen molar-refractivity contribution in [2.24, 2.45) is 0 Å². The topological polar surface area (TPSA) is 9.23 Å². The Kier molecular flexibility index (Phi) is 3.44. The van der Waals surface area contributed by atoms with Crippen LogP contribution in [0.2, 0.25) is 0 Å². The van der Waals surface area contributed by atoms with Crippen molar-refractivity contribution in [3.8, 4) is 5.75 Å². The molecule has 1 nitrogen and oxygen atoms in total. The minimum Gasteiger partial charge on any atom is -0.489 e. The van der Waals surface area contributed by atoms with Crippen LogP contribution < -0.4 is 4.74 Å². The molecular weight excluding hydrogens is 272 g/mol. The highest BCUT2D eigenvalue weighted by molar-refractivity contribution is 9.10. The van der Waals surface area contributed by atoms with E-state index in [9.17, 15) is 0 Å². The summed E-state index contributed by atoms with van der Waals surface area (Å²) in [6.07, 6.45) is 0. The quantitative estimate of drug-likeness (QED) is 0.811. The monoisotopic (exact) mass is 282 g/mol. The summed E-state index contributed by atoms with van der Waals surface area (Å²) in [5.41, 5.74) is 1.24. The number of aryl methyl sites for hydroxylation is 1. The highest BCUT2D eigenvalue weighted by Gasteiger charge is 1.98. The maximum atomic E-state index is 5.65. The van der Waals surface area contributed by atoms with Gasteiger partial charge in [0, 0.05) is 14.9 Å². The van der Waals surface area contributed by atoms with Crippen LogP contribution in [0.3, 0.4) is 0 Å². The van der Waals surface area contributed by atoms with Gasteiger partial charge in [-0.2, -0.15) is 0 Å². The lowest BCUT2D eigenvalue weighted by Gasteiger charge is -2.04. The first-order chi connectivity index (χ1) is 7.24. The molecule has 0 spiro atoms. The van der Waals surface area contributed by atoms with Crippen LogP contribution in [0.15, 0.2) is 40.2 Å². The number of halogens is 1. The van der Waals surface area contributed by atoms with Gasteiger partial charge < -0.3 is 4.74 Å². The second-order valence-corrected chi connectivity index (χ2v) is 5.34. The number of rotatable bonds is 3. The first-order valence-electron chi connectivity index (χ1n) is 4.66. The molecule has 78 valence electrons. The molecule has 3 heteroatoms. The maximum absolute atomic E-state index is 5.65. The third-order valence-corrected chi connectivity index (χ3v) is 3.44. The van der Waals surface area contributed by atoms with Crippen LogP contribution in [0, 0.1) is 6.92 Å². The Morgan fingerprint density at radius 1 is 1.27 bits per heavy atom. The van der Waals surface area contributed by atoms with Gasteiger partial charge in [-0.1, -0.05) is 15.9 Å². The predicted molar refractivity (Wildman–Crippen MR) is 67.5 cm³/mol. The number of hydrogen-bond acceptors (Lipinski definition) is 2. The van der Waals surface area contributed by atoms with E-state index in [-0.39, 0.29) is 0 Å². The average molecular weight is 283 g/mol. The summed E-state index contributed by atoms with van der Waals surface area (Å²) < 4.78 is 6.72. The van der Waals surface area contributed by atoms with Crippen molar-refractivity contribution in [3.05, 3.63) is 50.6 Å². The molecular formula is C12H11BrOS. The van der Waals surface area contributed by atoms with Crippen molar-refractivity contribution >= 4 is 27.3 Å². The molecule has 0 aliphatic heterocycles. The Labute approximate surface area is 102 Å². The molecule has 0 radical (unpaired) electrons. The molecule has 1 heterocycles. The van der Waals surface area contributed by atoms with Gasteiger partial charge in [-0.15, -0.1) is 11.3 Å². The number of thiophene rings is 1. The molecule has 0 aliphatic carbocycles. The van der Waals surface area contributed by atoms with E-state index in [0.29, 0.717) is 6.61 Å². The SMILES string of the molecule is Cc1cc(COc2ccc(Br)cc2)cs1. The number of ether oxygens (including phenoxy) is 1. The largest absolute Gasteiger partial charge is 0.489 e. The zero-order valence-corrected chi connectivity index (χ0v) is 10.8. The van der Waals surface area contributed by atoms with E-state index in [1.54, 1.807) is 11.3 Å². The molecule has 0 atom stereocenters. The summed E-state index contributed by atoms with van der Waals surface area (Å²) in [4.78, 5) is 1.32. The molecule has 15 heavy (non-hydrogen) atoms. The summed E-state index contributed by atoms with van der Waals surface area (Å²) >= 11 is 5.15.